The van der Waals surface area contributed by atoms with Crippen molar-refractivity contribution in [3.8, 4) is 0 Å². The molecular formula is C12H14F3N5O4. The van der Waals surface area contributed by atoms with Crippen molar-refractivity contribution < 1.29 is 27.6 Å². The Labute approximate surface area is 133 Å². The van der Waals surface area contributed by atoms with Crippen molar-refractivity contribution in [1.29, 1.82) is 0 Å². The van der Waals surface area contributed by atoms with Crippen molar-refractivity contribution in [3.63, 3.8) is 0 Å². The molecule has 0 unspecified atom stereocenters. The maximum Gasteiger partial charge on any atom is 0.449 e. The topological polar surface area (TPSA) is 94.7 Å². The fourth-order valence-corrected chi connectivity index (χ4v) is 2.68. The third kappa shape index (κ3) is 3.28. The summed E-state index contributed by atoms with van der Waals surface area (Å²) in [6.07, 6.45) is -1.75. The van der Waals surface area contributed by atoms with Crippen molar-refractivity contribution in [1.82, 2.24) is 19.8 Å². The van der Waals surface area contributed by atoms with Crippen LogP contribution in [0.15, 0.2) is 24.4 Å². The number of aromatic nitrogens is 2. The van der Waals surface area contributed by atoms with Gasteiger partial charge in [0.1, 0.15) is 0 Å². The van der Waals surface area contributed by atoms with E-state index in [1.54, 1.807) is 0 Å². The van der Waals surface area contributed by atoms with E-state index in [0.29, 0.717) is 19.4 Å². The lowest BCUT2D eigenvalue weighted by molar-refractivity contribution is -0.405. The SMILES string of the molecule is O=[N+]([O-])/C=C1\NCC2(CN1Cn1ccnc1C(F)(F)F)OCCO2. The predicted octanol–water partition coefficient (Wildman–Crippen LogP) is 0.583. The average molecular weight is 349 g/mol. The number of nitrogens with one attached hydrogen (secondary N) is 1. The summed E-state index contributed by atoms with van der Waals surface area (Å²) in [5, 5.41) is 13.5. The Morgan fingerprint density at radius 1 is 1.46 bits per heavy atom. The van der Waals surface area contributed by atoms with E-state index in [4.69, 9.17) is 9.47 Å². The van der Waals surface area contributed by atoms with E-state index in [2.05, 4.69) is 10.3 Å². The number of hydrogen-bond acceptors (Lipinski definition) is 7. The summed E-state index contributed by atoms with van der Waals surface area (Å²) in [7, 11) is 0. The lowest BCUT2D eigenvalue weighted by Crippen LogP contribution is -2.57. The van der Waals surface area contributed by atoms with Gasteiger partial charge in [-0.2, -0.15) is 13.2 Å². The van der Waals surface area contributed by atoms with Crippen molar-refractivity contribution in [3.05, 3.63) is 40.4 Å². The quantitative estimate of drug-likeness (QED) is 0.630. The summed E-state index contributed by atoms with van der Waals surface area (Å²) in [6.45, 7) is 0.621. The van der Waals surface area contributed by atoms with Crippen LogP contribution in [0.25, 0.3) is 0 Å². The van der Waals surface area contributed by atoms with E-state index in [9.17, 15) is 23.3 Å². The van der Waals surface area contributed by atoms with Gasteiger partial charge in [-0.15, -0.1) is 0 Å². The number of imidazole rings is 1. The Kier molecular flexibility index (Phi) is 4.09. The molecule has 0 amide bonds. The molecule has 0 aromatic carbocycles. The Morgan fingerprint density at radius 3 is 2.79 bits per heavy atom. The number of halogens is 3. The average Bonchev–Trinajstić information content (AvgIpc) is 3.11. The fraction of sp³-hybridized carbons (Fsp3) is 0.583. The first-order valence-electron chi connectivity index (χ1n) is 6.99. The first-order chi connectivity index (χ1) is 11.3. The molecule has 0 atom stereocenters. The highest BCUT2D eigenvalue weighted by molar-refractivity contribution is 5.05. The molecule has 24 heavy (non-hydrogen) atoms. The molecule has 0 aliphatic carbocycles. The number of nitro groups is 1. The summed E-state index contributed by atoms with van der Waals surface area (Å²) < 4.78 is 50.7. The molecule has 3 rings (SSSR count). The Bertz CT molecular complexity index is 653. The standard InChI is InChI=1S/C12H14F3N5O4/c13-12(14,15)10-16-1-2-18(10)8-19-7-11(23-3-4-24-11)6-17-9(19)5-20(21)22/h1-2,5,17H,3-4,6-8H2/b9-5+. The van der Waals surface area contributed by atoms with Crippen LogP contribution < -0.4 is 5.32 Å². The fourth-order valence-electron chi connectivity index (χ4n) is 2.68. The summed E-state index contributed by atoms with van der Waals surface area (Å²) in [5.41, 5.74) is 0. The van der Waals surface area contributed by atoms with Gasteiger partial charge in [0.15, 0.2) is 5.82 Å². The molecule has 1 aromatic heterocycles. The largest absolute Gasteiger partial charge is 0.449 e. The monoisotopic (exact) mass is 349 g/mol. The normalized spacial score (nSPS) is 22.1. The van der Waals surface area contributed by atoms with Crippen LogP contribution in [0.3, 0.4) is 0 Å². The zero-order valence-electron chi connectivity index (χ0n) is 12.3. The molecule has 2 fully saturated rings. The second-order valence-corrected chi connectivity index (χ2v) is 5.32. The minimum Gasteiger partial charge on any atom is -0.361 e. The molecule has 132 valence electrons. The van der Waals surface area contributed by atoms with Crippen LogP contribution in [0.5, 0.6) is 0 Å². The summed E-state index contributed by atoms with van der Waals surface area (Å²) in [6, 6.07) is 0. The smallest absolute Gasteiger partial charge is 0.361 e. The highest BCUT2D eigenvalue weighted by atomic mass is 19.4. The molecular weight excluding hydrogens is 335 g/mol. The molecule has 12 heteroatoms. The predicted molar refractivity (Wildman–Crippen MR) is 71.7 cm³/mol. The van der Waals surface area contributed by atoms with Gasteiger partial charge in [0, 0.05) is 12.4 Å². The Balaban J connectivity index is 1.86. The summed E-state index contributed by atoms with van der Waals surface area (Å²) in [5.74, 6) is -2.05. The van der Waals surface area contributed by atoms with Gasteiger partial charge in [0.05, 0.1) is 37.9 Å². The van der Waals surface area contributed by atoms with Gasteiger partial charge in [-0.1, -0.05) is 0 Å². The molecule has 2 saturated heterocycles. The highest BCUT2D eigenvalue weighted by Crippen LogP contribution is 2.30. The van der Waals surface area contributed by atoms with Crippen molar-refractivity contribution >= 4 is 0 Å². The van der Waals surface area contributed by atoms with Crippen molar-refractivity contribution in [2.45, 2.75) is 18.6 Å². The van der Waals surface area contributed by atoms with E-state index in [1.807, 2.05) is 0 Å². The van der Waals surface area contributed by atoms with E-state index in [1.165, 1.54) is 4.90 Å². The van der Waals surface area contributed by atoms with E-state index < -0.39 is 22.7 Å². The molecule has 2 aliphatic rings. The zero-order chi connectivity index (χ0) is 17.4. The molecule has 0 bridgehead atoms. The Hall–Kier alpha value is -2.34. The van der Waals surface area contributed by atoms with Gasteiger partial charge >= 0.3 is 6.18 Å². The lowest BCUT2D eigenvalue weighted by Gasteiger charge is -2.41. The van der Waals surface area contributed by atoms with Crippen molar-refractivity contribution in [2.24, 2.45) is 0 Å². The summed E-state index contributed by atoms with van der Waals surface area (Å²) in [4.78, 5) is 14.7. The first-order valence-corrected chi connectivity index (χ1v) is 6.99. The molecule has 1 aromatic rings. The van der Waals surface area contributed by atoms with Crippen LogP contribution in [0.4, 0.5) is 13.2 Å². The number of hydrogen-bond donors (Lipinski definition) is 1. The zero-order valence-corrected chi connectivity index (χ0v) is 12.3. The van der Waals surface area contributed by atoms with Gasteiger partial charge in [0.25, 0.3) is 6.20 Å². The Morgan fingerprint density at radius 2 is 2.17 bits per heavy atom. The van der Waals surface area contributed by atoms with Crippen LogP contribution in [-0.4, -0.2) is 51.5 Å². The second-order valence-electron chi connectivity index (χ2n) is 5.32. The molecule has 0 radical (unpaired) electrons. The van der Waals surface area contributed by atoms with Crippen LogP contribution in [0.1, 0.15) is 5.82 Å². The molecule has 9 nitrogen and oxygen atoms in total. The molecule has 0 saturated carbocycles. The van der Waals surface area contributed by atoms with Gasteiger partial charge in [0.2, 0.25) is 11.6 Å². The van der Waals surface area contributed by atoms with E-state index >= 15 is 0 Å². The van der Waals surface area contributed by atoms with Gasteiger partial charge in [-0.05, 0) is 0 Å². The highest BCUT2D eigenvalue weighted by Gasteiger charge is 2.44. The maximum absolute atomic E-state index is 12.9. The van der Waals surface area contributed by atoms with Crippen LogP contribution >= 0.6 is 0 Å². The minimum absolute atomic E-state index is 0.0507. The number of alkyl halides is 3. The molecule has 3 heterocycles. The maximum atomic E-state index is 12.9. The number of nitrogens with zero attached hydrogens (tertiary/aromatic N) is 4. The first kappa shape index (κ1) is 16.5. The van der Waals surface area contributed by atoms with Gasteiger partial charge in [-0.25, -0.2) is 4.98 Å². The van der Waals surface area contributed by atoms with Crippen molar-refractivity contribution in [2.75, 3.05) is 26.3 Å². The number of ether oxygens (including phenoxy) is 2. The van der Waals surface area contributed by atoms with Gasteiger partial charge < -0.3 is 24.3 Å². The van der Waals surface area contributed by atoms with Crippen LogP contribution in [0.2, 0.25) is 0 Å². The second kappa shape index (κ2) is 5.94. The lowest BCUT2D eigenvalue weighted by atomic mass is 10.2. The van der Waals surface area contributed by atoms with Crippen LogP contribution in [0, 0.1) is 10.1 Å². The summed E-state index contributed by atoms with van der Waals surface area (Å²) >= 11 is 0. The third-order valence-electron chi connectivity index (χ3n) is 3.64. The van der Waals surface area contributed by atoms with E-state index in [0.717, 1.165) is 17.0 Å². The minimum atomic E-state index is -4.63. The third-order valence-corrected chi connectivity index (χ3v) is 3.64. The molecule has 1 N–H and O–H groups in total. The van der Waals surface area contributed by atoms with Crippen LogP contribution in [-0.2, 0) is 22.3 Å². The molecule has 1 spiro atoms. The molecule has 2 aliphatic heterocycles. The van der Waals surface area contributed by atoms with Gasteiger partial charge in [-0.3, -0.25) is 10.1 Å². The van der Waals surface area contributed by atoms with E-state index in [-0.39, 0.29) is 25.6 Å². The number of rotatable bonds is 3.